The predicted octanol–water partition coefficient (Wildman–Crippen LogP) is 3.95. The number of rotatable bonds is 3. The maximum atomic E-state index is 13.1. The molecule has 1 saturated heterocycles. The molecule has 0 spiro atoms. The third kappa shape index (κ3) is 3.18. The maximum absolute atomic E-state index is 13.1. The van der Waals surface area contributed by atoms with Gasteiger partial charge < -0.3 is 4.90 Å². The van der Waals surface area contributed by atoms with Gasteiger partial charge in [0.25, 0.3) is 0 Å². The van der Waals surface area contributed by atoms with Crippen LogP contribution in [-0.2, 0) is 4.79 Å². The molecular formula is C20H25N3O. The smallest absolute Gasteiger partial charge is 0.230 e. The zero-order valence-electron chi connectivity index (χ0n) is 14.7. The van der Waals surface area contributed by atoms with Crippen molar-refractivity contribution < 1.29 is 4.79 Å². The van der Waals surface area contributed by atoms with Gasteiger partial charge >= 0.3 is 0 Å². The predicted molar refractivity (Wildman–Crippen MR) is 94.7 cm³/mol. The van der Waals surface area contributed by atoms with Crippen LogP contribution in [0.15, 0.2) is 36.9 Å². The molecule has 0 unspecified atom stereocenters. The van der Waals surface area contributed by atoms with E-state index in [4.69, 9.17) is 0 Å². The lowest BCUT2D eigenvalue weighted by Gasteiger charge is -2.38. The van der Waals surface area contributed by atoms with E-state index in [2.05, 4.69) is 46.9 Å². The Balaban J connectivity index is 1.89. The van der Waals surface area contributed by atoms with E-state index < -0.39 is 0 Å². The molecule has 0 saturated carbocycles. The number of piperidine rings is 1. The highest BCUT2D eigenvalue weighted by molar-refractivity contribution is 5.83. The van der Waals surface area contributed by atoms with Crippen LogP contribution in [0.2, 0.25) is 0 Å². The van der Waals surface area contributed by atoms with Gasteiger partial charge in [-0.05, 0) is 56.7 Å². The SMILES string of the molecule is Cc1cccc([C@H]2CCCCN2C(=O)[C@H](C)c2cncnc2)c1C. The molecule has 24 heavy (non-hydrogen) atoms. The molecule has 1 aromatic heterocycles. The lowest BCUT2D eigenvalue weighted by molar-refractivity contribution is -0.136. The van der Waals surface area contributed by atoms with E-state index in [1.165, 1.54) is 29.4 Å². The molecule has 1 amide bonds. The van der Waals surface area contributed by atoms with Crippen molar-refractivity contribution in [1.29, 1.82) is 0 Å². The minimum atomic E-state index is -0.211. The second-order valence-electron chi connectivity index (χ2n) is 6.73. The van der Waals surface area contributed by atoms with E-state index in [1.807, 2.05) is 6.92 Å². The Hall–Kier alpha value is -2.23. The quantitative estimate of drug-likeness (QED) is 0.859. The monoisotopic (exact) mass is 323 g/mol. The van der Waals surface area contributed by atoms with E-state index >= 15 is 0 Å². The van der Waals surface area contributed by atoms with Crippen molar-refractivity contribution >= 4 is 5.91 Å². The van der Waals surface area contributed by atoms with Gasteiger partial charge in [0.2, 0.25) is 5.91 Å². The first-order chi connectivity index (χ1) is 11.6. The summed E-state index contributed by atoms with van der Waals surface area (Å²) in [7, 11) is 0. The van der Waals surface area contributed by atoms with E-state index in [-0.39, 0.29) is 17.9 Å². The summed E-state index contributed by atoms with van der Waals surface area (Å²) in [5.74, 6) is -0.0349. The third-order valence-electron chi connectivity index (χ3n) is 5.24. The van der Waals surface area contributed by atoms with Gasteiger partial charge in [-0.25, -0.2) is 9.97 Å². The molecule has 126 valence electrons. The van der Waals surface area contributed by atoms with Crippen molar-refractivity contribution in [2.24, 2.45) is 0 Å². The summed E-state index contributed by atoms with van der Waals surface area (Å²) in [5.41, 5.74) is 4.76. The molecule has 1 fully saturated rings. The summed E-state index contributed by atoms with van der Waals surface area (Å²) in [6, 6.07) is 6.59. The summed E-state index contributed by atoms with van der Waals surface area (Å²) in [6.07, 6.45) is 8.27. The number of hydrogen-bond acceptors (Lipinski definition) is 3. The largest absolute Gasteiger partial charge is 0.335 e. The summed E-state index contributed by atoms with van der Waals surface area (Å²) in [4.78, 5) is 23.3. The van der Waals surface area contributed by atoms with Crippen molar-refractivity contribution in [1.82, 2.24) is 14.9 Å². The number of benzene rings is 1. The minimum Gasteiger partial charge on any atom is -0.335 e. The molecule has 4 heteroatoms. The molecule has 0 bridgehead atoms. The summed E-state index contributed by atoms with van der Waals surface area (Å²) in [5, 5.41) is 0. The topological polar surface area (TPSA) is 46.1 Å². The molecule has 0 N–H and O–H groups in total. The molecular weight excluding hydrogens is 298 g/mol. The lowest BCUT2D eigenvalue weighted by Crippen LogP contribution is -2.41. The van der Waals surface area contributed by atoms with Gasteiger partial charge in [0, 0.05) is 24.5 Å². The zero-order chi connectivity index (χ0) is 17.1. The van der Waals surface area contributed by atoms with Crippen LogP contribution in [0.4, 0.5) is 0 Å². The third-order valence-corrected chi connectivity index (χ3v) is 5.24. The van der Waals surface area contributed by atoms with Crippen LogP contribution in [0, 0.1) is 13.8 Å². The summed E-state index contributed by atoms with van der Waals surface area (Å²) >= 11 is 0. The number of aryl methyl sites for hydroxylation is 1. The number of likely N-dealkylation sites (tertiary alicyclic amines) is 1. The minimum absolute atomic E-state index is 0.176. The van der Waals surface area contributed by atoms with E-state index in [0.717, 1.165) is 24.9 Å². The molecule has 1 aromatic carbocycles. The van der Waals surface area contributed by atoms with E-state index in [1.54, 1.807) is 12.4 Å². The fourth-order valence-corrected chi connectivity index (χ4v) is 3.58. The number of carbonyl (C=O) groups is 1. The van der Waals surface area contributed by atoms with Crippen LogP contribution in [0.1, 0.15) is 60.4 Å². The Morgan fingerprint density at radius 3 is 2.71 bits per heavy atom. The van der Waals surface area contributed by atoms with Crippen LogP contribution in [0.5, 0.6) is 0 Å². The second-order valence-corrected chi connectivity index (χ2v) is 6.73. The molecule has 2 aromatic rings. The fourth-order valence-electron chi connectivity index (χ4n) is 3.58. The van der Waals surface area contributed by atoms with Gasteiger partial charge in [0.15, 0.2) is 0 Å². The van der Waals surface area contributed by atoms with Crippen molar-refractivity contribution in [3.05, 3.63) is 59.2 Å². The maximum Gasteiger partial charge on any atom is 0.230 e. The van der Waals surface area contributed by atoms with Gasteiger partial charge in [-0.15, -0.1) is 0 Å². The molecule has 3 rings (SSSR count). The molecule has 1 aliphatic heterocycles. The van der Waals surface area contributed by atoms with E-state index in [0.29, 0.717) is 0 Å². The highest BCUT2D eigenvalue weighted by atomic mass is 16.2. The Morgan fingerprint density at radius 1 is 1.21 bits per heavy atom. The van der Waals surface area contributed by atoms with Crippen LogP contribution in [0.25, 0.3) is 0 Å². The Morgan fingerprint density at radius 2 is 1.96 bits per heavy atom. The standard InChI is InChI=1S/C20H25N3O/c1-14-7-6-8-18(15(14)2)19-9-4-5-10-23(19)20(24)16(3)17-11-21-13-22-12-17/h6-8,11-13,16,19H,4-5,9-10H2,1-3H3/t16-,19-/m1/s1. The average molecular weight is 323 g/mol. The van der Waals surface area contributed by atoms with Crippen LogP contribution in [-0.4, -0.2) is 27.3 Å². The number of carbonyl (C=O) groups excluding carboxylic acids is 1. The molecule has 0 radical (unpaired) electrons. The number of aromatic nitrogens is 2. The summed E-state index contributed by atoms with van der Waals surface area (Å²) in [6.45, 7) is 7.08. The van der Waals surface area contributed by atoms with Crippen molar-refractivity contribution in [3.63, 3.8) is 0 Å². The molecule has 4 nitrogen and oxygen atoms in total. The van der Waals surface area contributed by atoms with E-state index in [9.17, 15) is 4.79 Å². The number of hydrogen-bond donors (Lipinski definition) is 0. The number of amides is 1. The first kappa shape index (κ1) is 16.6. The highest BCUT2D eigenvalue weighted by Crippen LogP contribution is 2.35. The molecule has 1 aliphatic rings. The first-order valence-electron chi connectivity index (χ1n) is 8.71. The van der Waals surface area contributed by atoms with Crippen molar-refractivity contribution in [2.75, 3.05) is 6.54 Å². The van der Waals surface area contributed by atoms with Gasteiger partial charge in [-0.3, -0.25) is 4.79 Å². The second kappa shape index (κ2) is 7.12. The summed E-state index contributed by atoms with van der Waals surface area (Å²) < 4.78 is 0. The fraction of sp³-hybridized carbons (Fsp3) is 0.450. The zero-order valence-corrected chi connectivity index (χ0v) is 14.7. The van der Waals surface area contributed by atoms with Gasteiger partial charge in [-0.2, -0.15) is 0 Å². The van der Waals surface area contributed by atoms with Crippen LogP contribution in [0.3, 0.4) is 0 Å². The Labute approximate surface area is 143 Å². The molecule has 2 atom stereocenters. The van der Waals surface area contributed by atoms with Crippen LogP contribution >= 0.6 is 0 Å². The lowest BCUT2D eigenvalue weighted by atomic mass is 9.89. The average Bonchev–Trinajstić information content (AvgIpc) is 2.63. The first-order valence-corrected chi connectivity index (χ1v) is 8.71. The van der Waals surface area contributed by atoms with Crippen LogP contribution < -0.4 is 0 Å². The Bertz CT molecular complexity index is 714. The van der Waals surface area contributed by atoms with Gasteiger partial charge in [-0.1, -0.05) is 18.2 Å². The Kier molecular flexibility index (Phi) is 4.93. The molecule has 2 heterocycles. The molecule has 0 aliphatic carbocycles. The highest BCUT2D eigenvalue weighted by Gasteiger charge is 2.32. The van der Waals surface area contributed by atoms with Crippen molar-refractivity contribution in [3.8, 4) is 0 Å². The van der Waals surface area contributed by atoms with Gasteiger partial charge in [0.05, 0.1) is 12.0 Å². The van der Waals surface area contributed by atoms with Crippen molar-refractivity contribution in [2.45, 2.75) is 52.0 Å². The number of nitrogens with zero attached hydrogens (tertiary/aromatic N) is 3. The van der Waals surface area contributed by atoms with Gasteiger partial charge in [0.1, 0.15) is 6.33 Å². The normalized spacial score (nSPS) is 19.1.